The lowest BCUT2D eigenvalue weighted by Crippen LogP contribution is -2.33. The van der Waals surface area contributed by atoms with Crippen LogP contribution in [0, 0.1) is 10.1 Å². The summed E-state index contributed by atoms with van der Waals surface area (Å²) in [6, 6.07) is 16.4. The molecule has 1 aliphatic carbocycles. The summed E-state index contributed by atoms with van der Waals surface area (Å²) in [6.07, 6.45) is -1.28. The summed E-state index contributed by atoms with van der Waals surface area (Å²) in [4.78, 5) is 61.1. The first kappa shape index (κ1) is 23.3. The molecule has 4 rings (SSSR count). The second-order valence-electron chi connectivity index (χ2n) is 7.57. The van der Waals surface area contributed by atoms with Crippen LogP contribution < -0.4 is 10.1 Å². The number of nitro groups is 1. The fraction of sp³-hybridized carbons (Fsp3) is 0.120. The van der Waals surface area contributed by atoms with Crippen molar-refractivity contribution in [3.8, 4) is 5.75 Å². The number of amides is 1. The van der Waals surface area contributed by atoms with Crippen molar-refractivity contribution < 1.29 is 33.6 Å². The maximum atomic E-state index is 13.0. The standard InChI is InChI=1S/C25H18N2O8/c1-14(35-21(28)13-34-20-12-5-4-11-19(20)27(32)33)25(31)26-18-10-6-9-17-22(18)24(30)16-8-3-2-7-15(16)23(17)29/h2-12,14H,13H2,1H3,(H,26,31). The van der Waals surface area contributed by atoms with Gasteiger partial charge >= 0.3 is 11.7 Å². The summed E-state index contributed by atoms with van der Waals surface area (Å²) >= 11 is 0. The number of benzene rings is 3. The summed E-state index contributed by atoms with van der Waals surface area (Å²) < 4.78 is 10.2. The van der Waals surface area contributed by atoms with Gasteiger partial charge in [0, 0.05) is 22.8 Å². The number of nitrogens with zero attached hydrogens (tertiary/aromatic N) is 1. The number of ether oxygens (including phenoxy) is 2. The predicted molar refractivity (Wildman–Crippen MR) is 123 cm³/mol. The number of anilines is 1. The fourth-order valence-electron chi connectivity index (χ4n) is 3.63. The van der Waals surface area contributed by atoms with Crippen molar-refractivity contribution >= 4 is 34.8 Å². The number of carbonyl (C=O) groups is 4. The van der Waals surface area contributed by atoms with E-state index in [0.29, 0.717) is 0 Å². The van der Waals surface area contributed by atoms with E-state index in [1.165, 1.54) is 49.4 Å². The van der Waals surface area contributed by atoms with Gasteiger partial charge < -0.3 is 14.8 Å². The number of rotatable bonds is 7. The molecule has 0 aromatic heterocycles. The lowest BCUT2D eigenvalue weighted by atomic mass is 9.83. The molecule has 1 aliphatic rings. The largest absolute Gasteiger partial charge is 0.475 e. The molecule has 0 saturated heterocycles. The average molecular weight is 474 g/mol. The highest BCUT2D eigenvalue weighted by atomic mass is 16.6. The lowest BCUT2D eigenvalue weighted by Gasteiger charge is -2.21. The van der Waals surface area contributed by atoms with E-state index in [2.05, 4.69) is 5.32 Å². The van der Waals surface area contributed by atoms with Gasteiger partial charge in [-0.1, -0.05) is 48.5 Å². The molecule has 0 aliphatic heterocycles. The molecular weight excluding hydrogens is 456 g/mol. The van der Waals surface area contributed by atoms with Gasteiger partial charge in [0.2, 0.25) is 0 Å². The van der Waals surface area contributed by atoms with Crippen LogP contribution in [0.5, 0.6) is 5.75 Å². The van der Waals surface area contributed by atoms with Gasteiger partial charge in [-0.2, -0.15) is 0 Å². The number of esters is 1. The molecule has 0 heterocycles. The Labute approximate surface area is 198 Å². The SMILES string of the molecule is CC(OC(=O)COc1ccccc1[N+](=O)[O-])C(=O)Nc1cccc2c1C(=O)c1ccccc1C2=O. The molecule has 10 nitrogen and oxygen atoms in total. The first-order valence-corrected chi connectivity index (χ1v) is 10.5. The van der Waals surface area contributed by atoms with Crippen molar-refractivity contribution in [2.75, 3.05) is 11.9 Å². The second kappa shape index (κ2) is 9.56. The molecule has 3 aromatic carbocycles. The van der Waals surface area contributed by atoms with Gasteiger partial charge in [0.1, 0.15) is 0 Å². The molecule has 0 bridgehead atoms. The predicted octanol–water partition coefficient (Wildman–Crippen LogP) is 3.32. The molecule has 1 atom stereocenters. The van der Waals surface area contributed by atoms with Crippen LogP contribution >= 0.6 is 0 Å². The van der Waals surface area contributed by atoms with E-state index in [1.54, 1.807) is 24.3 Å². The molecule has 0 spiro atoms. The minimum atomic E-state index is -1.28. The van der Waals surface area contributed by atoms with Gasteiger partial charge in [-0.25, -0.2) is 4.79 Å². The smallest absolute Gasteiger partial charge is 0.344 e. The Hall–Kier alpha value is -4.86. The summed E-state index contributed by atoms with van der Waals surface area (Å²) in [5.74, 6) is -2.53. The highest BCUT2D eigenvalue weighted by Gasteiger charge is 2.32. The van der Waals surface area contributed by atoms with E-state index < -0.39 is 35.3 Å². The van der Waals surface area contributed by atoms with E-state index in [-0.39, 0.29) is 45.2 Å². The lowest BCUT2D eigenvalue weighted by molar-refractivity contribution is -0.385. The number of para-hydroxylation sites is 2. The van der Waals surface area contributed by atoms with E-state index >= 15 is 0 Å². The highest BCUT2D eigenvalue weighted by molar-refractivity contribution is 6.30. The monoisotopic (exact) mass is 474 g/mol. The normalized spacial score (nSPS) is 12.7. The molecule has 1 N–H and O–H groups in total. The first-order valence-electron chi connectivity index (χ1n) is 10.5. The van der Waals surface area contributed by atoms with Gasteiger partial charge in [0.15, 0.2) is 30.0 Å². The third kappa shape index (κ3) is 4.62. The number of hydrogen-bond acceptors (Lipinski definition) is 8. The summed E-state index contributed by atoms with van der Waals surface area (Å²) in [7, 11) is 0. The minimum Gasteiger partial charge on any atom is -0.475 e. The Bertz CT molecular complexity index is 1380. The molecule has 0 radical (unpaired) electrons. The third-order valence-corrected chi connectivity index (χ3v) is 5.30. The van der Waals surface area contributed by atoms with Crippen molar-refractivity contribution in [1.29, 1.82) is 0 Å². The molecule has 10 heteroatoms. The number of ketones is 2. The van der Waals surface area contributed by atoms with Crippen LogP contribution in [0.15, 0.2) is 66.7 Å². The Balaban J connectivity index is 1.44. The van der Waals surface area contributed by atoms with Gasteiger partial charge in [-0.15, -0.1) is 0 Å². The summed E-state index contributed by atoms with van der Waals surface area (Å²) in [5.41, 5.74) is 0.532. The van der Waals surface area contributed by atoms with E-state index in [1.807, 2.05) is 0 Å². The number of fused-ring (bicyclic) bond motifs is 2. The topological polar surface area (TPSA) is 142 Å². The summed E-state index contributed by atoms with van der Waals surface area (Å²) in [5, 5.41) is 13.6. The van der Waals surface area contributed by atoms with Crippen LogP contribution in [0.4, 0.5) is 11.4 Å². The molecule has 35 heavy (non-hydrogen) atoms. The Morgan fingerprint density at radius 2 is 1.54 bits per heavy atom. The minimum absolute atomic E-state index is 0.0581. The van der Waals surface area contributed by atoms with E-state index in [9.17, 15) is 29.3 Å². The van der Waals surface area contributed by atoms with Crippen molar-refractivity contribution in [2.45, 2.75) is 13.0 Å². The molecule has 3 aromatic rings. The summed E-state index contributed by atoms with van der Waals surface area (Å²) in [6.45, 7) is 0.656. The quantitative estimate of drug-likeness (QED) is 0.244. The Morgan fingerprint density at radius 1 is 0.914 bits per heavy atom. The van der Waals surface area contributed by atoms with E-state index in [0.717, 1.165) is 0 Å². The molecule has 176 valence electrons. The number of hydrogen-bond donors (Lipinski definition) is 1. The van der Waals surface area contributed by atoms with Crippen LogP contribution in [0.3, 0.4) is 0 Å². The van der Waals surface area contributed by atoms with Gasteiger partial charge in [-0.05, 0) is 19.1 Å². The Kier molecular flexibility index (Phi) is 6.36. The van der Waals surface area contributed by atoms with Gasteiger partial charge in [0.05, 0.1) is 16.2 Å². The molecule has 1 unspecified atom stereocenters. The number of carbonyl (C=O) groups excluding carboxylic acids is 4. The van der Waals surface area contributed by atoms with Crippen molar-refractivity contribution in [3.63, 3.8) is 0 Å². The van der Waals surface area contributed by atoms with Crippen molar-refractivity contribution in [3.05, 3.63) is 99.1 Å². The van der Waals surface area contributed by atoms with Crippen LogP contribution in [-0.4, -0.2) is 41.1 Å². The highest BCUT2D eigenvalue weighted by Crippen LogP contribution is 2.32. The third-order valence-electron chi connectivity index (χ3n) is 5.30. The maximum Gasteiger partial charge on any atom is 0.344 e. The first-order chi connectivity index (χ1) is 16.8. The van der Waals surface area contributed by atoms with Crippen LogP contribution in [-0.2, 0) is 14.3 Å². The van der Waals surface area contributed by atoms with E-state index in [4.69, 9.17) is 9.47 Å². The van der Waals surface area contributed by atoms with Gasteiger partial charge in [0.25, 0.3) is 5.91 Å². The van der Waals surface area contributed by atoms with Gasteiger partial charge in [-0.3, -0.25) is 24.5 Å². The zero-order valence-electron chi connectivity index (χ0n) is 18.3. The second-order valence-corrected chi connectivity index (χ2v) is 7.57. The fourth-order valence-corrected chi connectivity index (χ4v) is 3.63. The van der Waals surface area contributed by atoms with Crippen LogP contribution in [0.25, 0.3) is 0 Å². The average Bonchev–Trinajstić information content (AvgIpc) is 2.86. The van der Waals surface area contributed by atoms with Crippen molar-refractivity contribution in [1.82, 2.24) is 0 Å². The molecule has 1 amide bonds. The van der Waals surface area contributed by atoms with Crippen LogP contribution in [0.1, 0.15) is 38.8 Å². The Morgan fingerprint density at radius 3 is 2.26 bits per heavy atom. The zero-order valence-corrected chi connectivity index (χ0v) is 18.3. The zero-order chi connectivity index (χ0) is 25.1. The van der Waals surface area contributed by atoms with Crippen molar-refractivity contribution in [2.24, 2.45) is 0 Å². The molecule has 0 saturated carbocycles. The molecule has 0 fully saturated rings. The number of nitrogens with one attached hydrogen (secondary N) is 1. The van der Waals surface area contributed by atoms with Crippen LogP contribution in [0.2, 0.25) is 0 Å². The number of nitro benzene ring substituents is 1. The molecular formula is C25H18N2O8. The maximum absolute atomic E-state index is 13.0.